The predicted molar refractivity (Wildman–Crippen MR) is 51.4 cm³/mol. The van der Waals surface area contributed by atoms with Crippen molar-refractivity contribution in [1.29, 1.82) is 0 Å². The lowest BCUT2D eigenvalue weighted by molar-refractivity contribution is -0.113. The minimum Gasteiger partial charge on any atom is -0.383 e. The minimum atomic E-state index is 0.127. The number of carbonyl (C=O) groups excluding carboxylic acids is 1. The van der Waals surface area contributed by atoms with Gasteiger partial charge in [-0.05, 0) is 13.0 Å². The van der Waals surface area contributed by atoms with Crippen molar-refractivity contribution in [1.82, 2.24) is 4.90 Å². The van der Waals surface area contributed by atoms with Crippen molar-refractivity contribution in [3.63, 3.8) is 0 Å². The molecule has 1 rings (SSSR count). The largest absolute Gasteiger partial charge is 0.383 e. The lowest BCUT2D eigenvalue weighted by atomic mass is 10.1. The van der Waals surface area contributed by atoms with Crippen LogP contribution in [0.4, 0.5) is 0 Å². The molecule has 1 aliphatic heterocycles. The Morgan fingerprint density at radius 2 is 2.46 bits per heavy atom. The van der Waals surface area contributed by atoms with Crippen LogP contribution in [-0.2, 0) is 9.53 Å². The molecule has 0 fully saturated rings. The third kappa shape index (κ3) is 3.03. The number of ether oxygens (including phenoxy) is 1. The summed E-state index contributed by atoms with van der Waals surface area (Å²) in [5.74, 6) is 0.127. The molecule has 13 heavy (non-hydrogen) atoms. The highest BCUT2D eigenvalue weighted by molar-refractivity contribution is 5.96. The van der Waals surface area contributed by atoms with Gasteiger partial charge in [-0.2, -0.15) is 0 Å². The molecule has 0 aromatic rings. The maximum Gasteiger partial charge on any atom is 0.159 e. The minimum absolute atomic E-state index is 0.127. The highest BCUT2D eigenvalue weighted by atomic mass is 16.5. The van der Waals surface area contributed by atoms with Crippen LogP contribution in [0.2, 0.25) is 0 Å². The average molecular weight is 181 g/mol. The zero-order valence-corrected chi connectivity index (χ0v) is 8.12. The molecule has 72 valence electrons. The van der Waals surface area contributed by atoms with Crippen LogP contribution in [0.1, 0.15) is 6.92 Å². The van der Waals surface area contributed by atoms with Gasteiger partial charge in [-0.3, -0.25) is 4.79 Å². The molecular formula is C10H15NO2. The monoisotopic (exact) mass is 181 g/mol. The normalized spacial score (nSPS) is 15.8. The van der Waals surface area contributed by atoms with Crippen LogP contribution < -0.4 is 0 Å². The van der Waals surface area contributed by atoms with E-state index >= 15 is 0 Å². The number of nitrogens with zero attached hydrogens (tertiary/aromatic N) is 1. The first-order valence-corrected chi connectivity index (χ1v) is 4.36. The van der Waals surface area contributed by atoms with Gasteiger partial charge in [0.2, 0.25) is 0 Å². The second kappa shape index (κ2) is 4.82. The van der Waals surface area contributed by atoms with Gasteiger partial charge in [0.15, 0.2) is 5.78 Å². The first kappa shape index (κ1) is 9.99. The molecule has 0 aliphatic carbocycles. The van der Waals surface area contributed by atoms with E-state index in [1.165, 1.54) is 0 Å². The summed E-state index contributed by atoms with van der Waals surface area (Å²) in [4.78, 5) is 13.1. The number of Topliss-reactive ketones (excluding diaryl/α,β-unsaturated/α-hetero) is 1. The van der Waals surface area contributed by atoms with Crippen molar-refractivity contribution >= 4 is 5.78 Å². The molecule has 0 atom stereocenters. The third-order valence-electron chi connectivity index (χ3n) is 2.00. The molecule has 0 saturated heterocycles. The predicted octanol–water partition coefficient (Wildman–Crippen LogP) is 0.978. The Morgan fingerprint density at radius 1 is 1.69 bits per heavy atom. The summed E-state index contributed by atoms with van der Waals surface area (Å²) in [6.07, 6.45) is 5.73. The molecule has 0 saturated carbocycles. The van der Waals surface area contributed by atoms with Gasteiger partial charge < -0.3 is 9.64 Å². The Kier molecular flexibility index (Phi) is 3.71. The molecular weight excluding hydrogens is 166 g/mol. The van der Waals surface area contributed by atoms with E-state index in [0.717, 1.165) is 18.7 Å². The van der Waals surface area contributed by atoms with Gasteiger partial charge in [-0.1, -0.05) is 6.08 Å². The summed E-state index contributed by atoms with van der Waals surface area (Å²) in [5.41, 5.74) is 0.800. The molecule has 3 heteroatoms. The Hall–Kier alpha value is -1.09. The van der Waals surface area contributed by atoms with Crippen molar-refractivity contribution in [3.8, 4) is 0 Å². The van der Waals surface area contributed by atoms with Gasteiger partial charge >= 0.3 is 0 Å². The summed E-state index contributed by atoms with van der Waals surface area (Å²) in [7, 11) is 1.69. The smallest absolute Gasteiger partial charge is 0.159 e. The van der Waals surface area contributed by atoms with Crippen molar-refractivity contribution in [2.45, 2.75) is 6.92 Å². The number of rotatable bonds is 4. The van der Waals surface area contributed by atoms with Crippen molar-refractivity contribution < 1.29 is 9.53 Å². The summed E-state index contributed by atoms with van der Waals surface area (Å²) < 4.78 is 4.96. The zero-order chi connectivity index (χ0) is 9.68. The highest BCUT2D eigenvalue weighted by Gasteiger charge is 2.06. The van der Waals surface area contributed by atoms with E-state index in [4.69, 9.17) is 4.74 Å². The molecule has 1 heterocycles. The Bertz CT molecular complexity index is 243. The second-order valence-electron chi connectivity index (χ2n) is 3.02. The molecule has 0 unspecified atom stereocenters. The molecule has 0 radical (unpaired) electrons. The van der Waals surface area contributed by atoms with E-state index in [-0.39, 0.29) is 5.78 Å². The molecule has 0 amide bonds. The summed E-state index contributed by atoms with van der Waals surface area (Å²) in [6.45, 7) is 3.97. The first-order valence-electron chi connectivity index (χ1n) is 4.36. The summed E-state index contributed by atoms with van der Waals surface area (Å²) in [5, 5.41) is 0. The van der Waals surface area contributed by atoms with Crippen molar-refractivity contribution in [3.05, 3.63) is 23.9 Å². The molecule has 0 spiro atoms. The third-order valence-corrected chi connectivity index (χ3v) is 2.00. The van der Waals surface area contributed by atoms with Crippen molar-refractivity contribution in [2.75, 3.05) is 26.8 Å². The van der Waals surface area contributed by atoms with E-state index in [1.807, 2.05) is 18.4 Å². The Balaban J connectivity index is 2.39. The van der Waals surface area contributed by atoms with Gasteiger partial charge in [-0.15, -0.1) is 0 Å². The van der Waals surface area contributed by atoms with Gasteiger partial charge in [-0.25, -0.2) is 0 Å². The van der Waals surface area contributed by atoms with Gasteiger partial charge in [0, 0.05) is 32.0 Å². The summed E-state index contributed by atoms with van der Waals surface area (Å²) >= 11 is 0. The molecule has 0 aromatic carbocycles. The van der Waals surface area contributed by atoms with Crippen LogP contribution in [0.25, 0.3) is 0 Å². The quantitative estimate of drug-likeness (QED) is 0.647. The number of carbonyl (C=O) groups is 1. The SMILES string of the molecule is COCCN1C=CC(C(C)=O)=CC1. The van der Waals surface area contributed by atoms with E-state index in [1.54, 1.807) is 14.0 Å². The second-order valence-corrected chi connectivity index (χ2v) is 3.02. The van der Waals surface area contributed by atoms with E-state index in [2.05, 4.69) is 4.90 Å². The van der Waals surface area contributed by atoms with E-state index in [0.29, 0.717) is 6.61 Å². The molecule has 0 N–H and O–H groups in total. The maximum atomic E-state index is 11.0. The summed E-state index contributed by atoms with van der Waals surface area (Å²) in [6, 6.07) is 0. The number of allylic oxidation sites excluding steroid dienone is 2. The van der Waals surface area contributed by atoms with Crippen LogP contribution >= 0.6 is 0 Å². The zero-order valence-electron chi connectivity index (χ0n) is 8.12. The number of methoxy groups -OCH3 is 1. The standard InChI is InChI=1S/C10H15NO2/c1-9(12)10-3-5-11(6-4-10)7-8-13-2/h3-5H,6-8H2,1-2H3. The number of hydrogen-bond acceptors (Lipinski definition) is 3. The van der Waals surface area contributed by atoms with Gasteiger partial charge in [0.05, 0.1) is 6.61 Å². The Labute approximate surface area is 78.7 Å². The van der Waals surface area contributed by atoms with Crippen molar-refractivity contribution in [2.24, 2.45) is 0 Å². The van der Waals surface area contributed by atoms with Crippen LogP contribution in [0.3, 0.4) is 0 Å². The van der Waals surface area contributed by atoms with Gasteiger partial charge in [0.1, 0.15) is 0 Å². The van der Waals surface area contributed by atoms with Crippen LogP contribution in [0.5, 0.6) is 0 Å². The highest BCUT2D eigenvalue weighted by Crippen LogP contribution is 2.07. The topological polar surface area (TPSA) is 29.5 Å². The van der Waals surface area contributed by atoms with Gasteiger partial charge in [0.25, 0.3) is 0 Å². The van der Waals surface area contributed by atoms with Crippen LogP contribution in [0.15, 0.2) is 23.9 Å². The van der Waals surface area contributed by atoms with Crippen LogP contribution in [0, 0.1) is 0 Å². The lowest BCUT2D eigenvalue weighted by Crippen LogP contribution is -2.24. The van der Waals surface area contributed by atoms with E-state index in [9.17, 15) is 4.79 Å². The molecule has 0 aromatic heterocycles. The molecule has 1 aliphatic rings. The fourth-order valence-electron chi connectivity index (χ4n) is 1.17. The fraction of sp³-hybridized carbons (Fsp3) is 0.500. The fourth-order valence-corrected chi connectivity index (χ4v) is 1.17. The lowest BCUT2D eigenvalue weighted by Gasteiger charge is -2.21. The Morgan fingerprint density at radius 3 is 2.92 bits per heavy atom. The number of ketones is 1. The number of hydrogen-bond donors (Lipinski definition) is 0. The molecule has 3 nitrogen and oxygen atoms in total. The first-order chi connectivity index (χ1) is 6.24. The maximum absolute atomic E-state index is 11.0. The van der Waals surface area contributed by atoms with Crippen LogP contribution in [-0.4, -0.2) is 37.5 Å². The average Bonchev–Trinajstić information content (AvgIpc) is 2.15. The van der Waals surface area contributed by atoms with E-state index < -0.39 is 0 Å². The molecule has 0 bridgehead atoms.